The quantitative estimate of drug-likeness (QED) is 0.366. The van der Waals surface area contributed by atoms with Crippen LogP contribution in [-0.2, 0) is 13.0 Å². The van der Waals surface area contributed by atoms with Gasteiger partial charge in [-0.1, -0.05) is 24.3 Å². The Balaban J connectivity index is 1.67. The van der Waals surface area contributed by atoms with Gasteiger partial charge in [-0.05, 0) is 42.7 Å². The molecule has 166 valence electrons. The lowest BCUT2D eigenvalue weighted by atomic mass is 10.1. The van der Waals surface area contributed by atoms with E-state index in [0.717, 1.165) is 29.6 Å². The van der Waals surface area contributed by atoms with Gasteiger partial charge in [0, 0.05) is 37.1 Å². The van der Waals surface area contributed by atoms with E-state index in [1.165, 1.54) is 16.9 Å². The molecule has 7 nitrogen and oxygen atoms in total. The Kier molecular flexibility index (Phi) is 6.70. The largest absolute Gasteiger partial charge is 0.497 e. The van der Waals surface area contributed by atoms with Crippen molar-refractivity contribution in [1.82, 2.24) is 14.5 Å². The van der Waals surface area contributed by atoms with Crippen LogP contribution in [0.15, 0.2) is 55.1 Å². The maximum atomic E-state index is 13.6. The fraction of sp³-hybridized carbons (Fsp3) is 0.292. The standard InChI is InChI=1S/C24H26N4O3S/c1-4-17-6-7-21-22(12-17)32-24(26-21)28(10-5-9-27-11-8-25-16-27)23(29)18-13-19(30-2)15-20(14-18)31-3/h6-8,11-16H,4-5,9-10H2,1-3H3. The van der Waals surface area contributed by atoms with Crippen LogP contribution in [0.4, 0.5) is 5.13 Å². The molecule has 4 rings (SSSR count). The van der Waals surface area contributed by atoms with Gasteiger partial charge in [0.15, 0.2) is 5.13 Å². The van der Waals surface area contributed by atoms with Crippen molar-refractivity contribution >= 4 is 32.6 Å². The van der Waals surface area contributed by atoms with Gasteiger partial charge in [-0.2, -0.15) is 0 Å². The Bertz CT molecular complexity index is 1180. The molecule has 0 saturated heterocycles. The number of carbonyl (C=O) groups excluding carboxylic acids is 1. The Morgan fingerprint density at radius 1 is 1.12 bits per heavy atom. The molecule has 2 aromatic heterocycles. The molecule has 0 unspecified atom stereocenters. The maximum absolute atomic E-state index is 13.6. The first-order valence-electron chi connectivity index (χ1n) is 10.5. The molecule has 32 heavy (non-hydrogen) atoms. The lowest BCUT2D eigenvalue weighted by Gasteiger charge is -2.20. The highest BCUT2D eigenvalue weighted by molar-refractivity contribution is 7.22. The van der Waals surface area contributed by atoms with Gasteiger partial charge >= 0.3 is 0 Å². The minimum Gasteiger partial charge on any atom is -0.497 e. The number of aryl methyl sites for hydroxylation is 2. The summed E-state index contributed by atoms with van der Waals surface area (Å²) in [6, 6.07) is 11.5. The number of aromatic nitrogens is 3. The second-order valence-corrected chi connectivity index (χ2v) is 8.37. The average molecular weight is 451 g/mol. The van der Waals surface area contributed by atoms with Crippen LogP contribution >= 0.6 is 11.3 Å². The summed E-state index contributed by atoms with van der Waals surface area (Å²) in [6.45, 7) is 3.41. The first-order valence-corrected chi connectivity index (χ1v) is 11.3. The number of methoxy groups -OCH3 is 2. The van der Waals surface area contributed by atoms with Crippen molar-refractivity contribution < 1.29 is 14.3 Å². The Hall–Kier alpha value is -3.39. The Labute approximate surface area is 191 Å². The Morgan fingerprint density at radius 3 is 2.56 bits per heavy atom. The second-order valence-electron chi connectivity index (χ2n) is 7.36. The number of anilines is 1. The third kappa shape index (κ3) is 4.75. The number of hydrogen-bond acceptors (Lipinski definition) is 6. The maximum Gasteiger partial charge on any atom is 0.260 e. The lowest BCUT2D eigenvalue weighted by molar-refractivity contribution is 0.0985. The topological polar surface area (TPSA) is 69.5 Å². The van der Waals surface area contributed by atoms with Crippen LogP contribution in [0.5, 0.6) is 11.5 Å². The molecule has 0 atom stereocenters. The summed E-state index contributed by atoms with van der Waals surface area (Å²) in [7, 11) is 3.15. The van der Waals surface area contributed by atoms with E-state index in [9.17, 15) is 4.79 Å². The first kappa shape index (κ1) is 21.8. The fourth-order valence-electron chi connectivity index (χ4n) is 3.49. The molecule has 0 aliphatic rings. The Morgan fingerprint density at radius 2 is 1.91 bits per heavy atom. The van der Waals surface area contributed by atoms with Crippen LogP contribution in [0.1, 0.15) is 29.3 Å². The predicted octanol–water partition coefficient (Wildman–Crippen LogP) is 4.81. The number of amides is 1. The summed E-state index contributed by atoms with van der Waals surface area (Å²) in [5, 5.41) is 0.686. The number of fused-ring (bicyclic) bond motifs is 1. The van der Waals surface area contributed by atoms with Crippen LogP contribution in [0, 0.1) is 0 Å². The summed E-state index contributed by atoms with van der Waals surface area (Å²) in [5.41, 5.74) is 2.65. The number of carbonyl (C=O) groups is 1. The van der Waals surface area contributed by atoms with E-state index in [1.807, 2.05) is 16.8 Å². The van der Waals surface area contributed by atoms with E-state index in [1.54, 1.807) is 49.8 Å². The highest BCUT2D eigenvalue weighted by atomic mass is 32.1. The second kappa shape index (κ2) is 9.82. The molecule has 2 heterocycles. The summed E-state index contributed by atoms with van der Waals surface area (Å²) in [5.74, 6) is 1.01. The SMILES string of the molecule is CCc1ccc2nc(N(CCCn3ccnc3)C(=O)c3cc(OC)cc(OC)c3)sc2c1. The van der Waals surface area contributed by atoms with Crippen molar-refractivity contribution in [3.8, 4) is 11.5 Å². The highest BCUT2D eigenvalue weighted by Gasteiger charge is 2.22. The van der Waals surface area contributed by atoms with Crippen LogP contribution in [0.2, 0.25) is 0 Å². The number of benzene rings is 2. The van der Waals surface area contributed by atoms with Gasteiger partial charge in [-0.3, -0.25) is 9.69 Å². The summed E-state index contributed by atoms with van der Waals surface area (Å²) >= 11 is 1.54. The normalized spacial score (nSPS) is 11.0. The summed E-state index contributed by atoms with van der Waals surface area (Å²) in [6.07, 6.45) is 7.18. The van der Waals surface area contributed by atoms with Gasteiger partial charge in [-0.25, -0.2) is 9.97 Å². The third-order valence-corrected chi connectivity index (χ3v) is 6.32. The van der Waals surface area contributed by atoms with Gasteiger partial charge in [0.2, 0.25) is 0 Å². The molecular formula is C24H26N4O3S. The molecule has 2 aromatic carbocycles. The zero-order chi connectivity index (χ0) is 22.5. The van der Waals surface area contributed by atoms with Gasteiger partial charge in [-0.15, -0.1) is 0 Å². The van der Waals surface area contributed by atoms with Crippen molar-refractivity contribution in [3.05, 3.63) is 66.2 Å². The first-order chi connectivity index (χ1) is 15.6. The number of ether oxygens (including phenoxy) is 2. The van der Waals surface area contributed by atoms with E-state index in [-0.39, 0.29) is 5.91 Å². The molecule has 8 heteroatoms. The van der Waals surface area contributed by atoms with E-state index in [2.05, 4.69) is 24.0 Å². The molecule has 0 N–H and O–H groups in total. The zero-order valence-corrected chi connectivity index (χ0v) is 19.3. The van der Waals surface area contributed by atoms with E-state index in [4.69, 9.17) is 14.5 Å². The average Bonchev–Trinajstić information content (AvgIpc) is 3.50. The molecular weight excluding hydrogens is 424 g/mol. The molecule has 0 spiro atoms. The lowest BCUT2D eigenvalue weighted by Crippen LogP contribution is -2.32. The van der Waals surface area contributed by atoms with Crippen molar-refractivity contribution in [2.24, 2.45) is 0 Å². The zero-order valence-electron chi connectivity index (χ0n) is 18.4. The number of imidazole rings is 1. The molecule has 0 aliphatic carbocycles. The monoisotopic (exact) mass is 450 g/mol. The molecule has 0 fully saturated rings. The fourth-order valence-corrected chi connectivity index (χ4v) is 4.55. The third-order valence-electron chi connectivity index (χ3n) is 5.28. The molecule has 0 saturated carbocycles. The number of hydrogen-bond donors (Lipinski definition) is 0. The van der Waals surface area contributed by atoms with Gasteiger partial charge in [0.1, 0.15) is 11.5 Å². The van der Waals surface area contributed by atoms with Crippen LogP contribution < -0.4 is 14.4 Å². The predicted molar refractivity (Wildman–Crippen MR) is 127 cm³/mol. The van der Waals surface area contributed by atoms with Crippen LogP contribution in [0.3, 0.4) is 0 Å². The summed E-state index contributed by atoms with van der Waals surface area (Å²) < 4.78 is 13.8. The highest BCUT2D eigenvalue weighted by Crippen LogP contribution is 2.32. The van der Waals surface area contributed by atoms with Crippen LogP contribution in [0.25, 0.3) is 10.2 Å². The smallest absolute Gasteiger partial charge is 0.260 e. The molecule has 4 aromatic rings. The van der Waals surface area contributed by atoms with Crippen molar-refractivity contribution in [3.63, 3.8) is 0 Å². The molecule has 0 radical (unpaired) electrons. The van der Waals surface area contributed by atoms with Crippen molar-refractivity contribution in [2.75, 3.05) is 25.7 Å². The van der Waals surface area contributed by atoms with E-state index >= 15 is 0 Å². The molecule has 0 aliphatic heterocycles. The molecule has 1 amide bonds. The van der Waals surface area contributed by atoms with E-state index in [0.29, 0.717) is 28.7 Å². The van der Waals surface area contributed by atoms with Crippen molar-refractivity contribution in [2.45, 2.75) is 26.3 Å². The number of nitrogens with zero attached hydrogens (tertiary/aromatic N) is 4. The van der Waals surface area contributed by atoms with Crippen molar-refractivity contribution in [1.29, 1.82) is 0 Å². The number of thiazole rings is 1. The van der Waals surface area contributed by atoms with Gasteiger partial charge in [0.05, 0.1) is 30.8 Å². The summed E-state index contributed by atoms with van der Waals surface area (Å²) in [4.78, 5) is 24.3. The molecule has 0 bridgehead atoms. The van der Waals surface area contributed by atoms with E-state index < -0.39 is 0 Å². The van der Waals surface area contributed by atoms with Gasteiger partial charge in [0.25, 0.3) is 5.91 Å². The minimum absolute atomic E-state index is 0.136. The minimum atomic E-state index is -0.136. The van der Waals surface area contributed by atoms with Crippen LogP contribution in [-0.4, -0.2) is 41.2 Å². The van der Waals surface area contributed by atoms with Gasteiger partial charge < -0.3 is 14.0 Å². The number of rotatable bonds is 9.